The van der Waals surface area contributed by atoms with Gasteiger partial charge in [-0.3, -0.25) is 0 Å². The van der Waals surface area contributed by atoms with Gasteiger partial charge in [-0.05, 0) is 41.0 Å². The Balaban J connectivity index is 1.73. The van der Waals surface area contributed by atoms with E-state index >= 15 is 0 Å². The summed E-state index contributed by atoms with van der Waals surface area (Å²) in [6.45, 7) is -0.585. The maximum Gasteiger partial charge on any atom is 0.337 e. The van der Waals surface area contributed by atoms with Crippen LogP contribution in [0.5, 0.6) is 0 Å². The number of carbonyl (C=O) groups excluding carboxylic acids is 1. The van der Waals surface area contributed by atoms with Crippen molar-refractivity contribution in [2.24, 2.45) is 0 Å². The molecule has 0 aromatic heterocycles. The fourth-order valence-electron chi connectivity index (χ4n) is 3.16. The topological polar surface area (TPSA) is 126 Å². The van der Waals surface area contributed by atoms with Crippen molar-refractivity contribution >= 4 is 17.6 Å². The molecule has 2 aromatic carbocycles. The summed E-state index contributed by atoms with van der Waals surface area (Å²) >= 11 is 6.26. The van der Waals surface area contributed by atoms with Crippen LogP contribution in [0.1, 0.15) is 15.9 Å². The van der Waals surface area contributed by atoms with Gasteiger partial charge < -0.3 is 34.6 Å². The zero-order valence-electron chi connectivity index (χ0n) is 16.1. The largest absolute Gasteiger partial charge is 0.465 e. The highest BCUT2D eigenvalue weighted by Gasteiger charge is 2.44. The third kappa shape index (κ3) is 4.81. The number of benzene rings is 2. The molecule has 1 heterocycles. The summed E-state index contributed by atoms with van der Waals surface area (Å²) < 4.78 is 15.6. The highest BCUT2D eigenvalue weighted by atomic mass is 35.5. The molecule has 0 bridgehead atoms. The summed E-state index contributed by atoms with van der Waals surface area (Å²) in [5.41, 5.74) is 2.70. The number of hydrogen-bond acceptors (Lipinski definition) is 8. The van der Waals surface area contributed by atoms with Crippen LogP contribution in [0, 0.1) is 0 Å². The van der Waals surface area contributed by atoms with Gasteiger partial charge in [-0.2, -0.15) is 0 Å². The summed E-state index contributed by atoms with van der Waals surface area (Å²) in [7, 11) is 1.32. The first-order valence-corrected chi connectivity index (χ1v) is 9.62. The Kier molecular flexibility index (Phi) is 7.43. The van der Waals surface area contributed by atoms with Gasteiger partial charge >= 0.3 is 5.97 Å². The zero-order valence-corrected chi connectivity index (χ0v) is 16.9. The molecule has 3 rings (SSSR count). The summed E-state index contributed by atoms with van der Waals surface area (Å²) in [6.07, 6.45) is -6.76. The quantitative estimate of drug-likeness (QED) is 0.494. The highest BCUT2D eigenvalue weighted by Crippen LogP contribution is 2.28. The molecule has 1 saturated heterocycles. The van der Waals surface area contributed by atoms with Gasteiger partial charge in [0.15, 0.2) is 6.29 Å². The molecule has 2 aromatic rings. The lowest BCUT2D eigenvalue weighted by Gasteiger charge is -2.39. The van der Waals surface area contributed by atoms with Crippen LogP contribution in [0.3, 0.4) is 0 Å². The monoisotopic (exact) mass is 438 g/mol. The number of rotatable bonds is 6. The molecule has 8 nitrogen and oxygen atoms in total. The van der Waals surface area contributed by atoms with E-state index in [9.17, 15) is 25.2 Å². The molecule has 1 aliphatic heterocycles. The van der Waals surface area contributed by atoms with E-state index in [1.165, 1.54) is 7.11 Å². The fraction of sp³-hybridized carbons (Fsp3) is 0.381. The van der Waals surface area contributed by atoms with Gasteiger partial charge in [0.1, 0.15) is 24.4 Å². The Hall–Kier alpha value is -2.04. The van der Waals surface area contributed by atoms with E-state index in [0.29, 0.717) is 16.1 Å². The van der Waals surface area contributed by atoms with Gasteiger partial charge in [-0.1, -0.05) is 29.8 Å². The normalized spacial score (nSPS) is 26.4. The molecule has 0 spiro atoms. The minimum Gasteiger partial charge on any atom is -0.465 e. The number of esters is 1. The van der Waals surface area contributed by atoms with Crippen molar-refractivity contribution in [2.45, 2.75) is 37.3 Å². The average Bonchev–Trinajstić information content (AvgIpc) is 2.77. The molecule has 4 N–H and O–H groups in total. The molecule has 30 heavy (non-hydrogen) atoms. The standard InChI is InChI=1S/C21H23ClO8/c1-28-20(27)12-4-2-11(3-5-12)13-6-7-15(22)14(8-13)10-29-21-19(26)18(25)17(24)16(9-23)30-21/h2-8,16-19,21,23-26H,9-10H2,1H3/t16-,17-,18+,19+,21+/m1/s1. The van der Waals surface area contributed by atoms with Gasteiger partial charge in [-0.25, -0.2) is 4.79 Å². The van der Waals surface area contributed by atoms with Crippen LogP contribution in [0.4, 0.5) is 0 Å². The number of halogens is 1. The van der Waals surface area contributed by atoms with Crippen molar-refractivity contribution < 1.29 is 39.4 Å². The van der Waals surface area contributed by atoms with Crippen molar-refractivity contribution in [1.29, 1.82) is 0 Å². The third-order valence-corrected chi connectivity index (χ3v) is 5.31. The summed E-state index contributed by atoms with van der Waals surface area (Å²) in [6, 6.07) is 12.2. The second kappa shape index (κ2) is 9.84. The van der Waals surface area contributed by atoms with E-state index in [4.69, 9.17) is 25.8 Å². The number of hydrogen-bond donors (Lipinski definition) is 4. The predicted octanol–water partition coefficient (Wildman–Crippen LogP) is 1.11. The van der Waals surface area contributed by atoms with Crippen molar-refractivity contribution in [1.82, 2.24) is 0 Å². The molecule has 162 valence electrons. The molecule has 1 fully saturated rings. The van der Waals surface area contributed by atoms with E-state index in [1.807, 2.05) is 6.07 Å². The van der Waals surface area contributed by atoms with Crippen molar-refractivity contribution in [2.75, 3.05) is 13.7 Å². The minimum absolute atomic E-state index is 0.0460. The zero-order chi connectivity index (χ0) is 21.8. The predicted molar refractivity (Wildman–Crippen MR) is 107 cm³/mol. The van der Waals surface area contributed by atoms with E-state index in [2.05, 4.69) is 0 Å². The van der Waals surface area contributed by atoms with Gasteiger partial charge in [0.2, 0.25) is 0 Å². The second-order valence-corrected chi connectivity index (χ2v) is 7.29. The molecule has 0 radical (unpaired) electrons. The minimum atomic E-state index is -1.52. The smallest absolute Gasteiger partial charge is 0.337 e. The van der Waals surface area contributed by atoms with E-state index in [-0.39, 0.29) is 6.61 Å². The van der Waals surface area contributed by atoms with E-state index < -0.39 is 43.3 Å². The first-order chi connectivity index (χ1) is 14.3. The lowest BCUT2D eigenvalue weighted by molar-refractivity contribution is -0.304. The SMILES string of the molecule is COC(=O)c1ccc(-c2ccc(Cl)c(CO[C@H]3O[C@H](CO)[C@@H](O)[C@H](O)[C@@H]3O)c2)cc1. The molecule has 0 amide bonds. The van der Waals surface area contributed by atoms with Crippen LogP contribution in [0.25, 0.3) is 11.1 Å². The summed E-state index contributed by atoms with van der Waals surface area (Å²) in [5, 5.41) is 39.5. The Morgan fingerprint density at radius 3 is 2.33 bits per heavy atom. The number of carbonyl (C=O) groups is 1. The van der Waals surface area contributed by atoms with Crippen LogP contribution in [-0.4, -0.2) is 70.8 Å². The highest BCUT2D eigenvalue weighted by molar-refractivity contribution is 6.31. The van der Waals surface area contributed by atoms with Crippen LogP contribution in [0.2, 0.25) is 5.02 Å². The van der Waals surface area contributed by atoms with Gasteiger partial charge in [0.25, 0.3) is 0 Å². The van der Waals surface area contributed by atoms with Gasteiger partial charge in [0, 0.05) is 5.02 Å². The Morgan fingerprint density at radius 1 is 1.03 bits per heavy atom. The van der Waals surface area contributed by atoms with Crippen LogP contribution in [-0.2, 0) is 20.8 Å². The maximum atomic E-state index is 11.6. The van der Waals surface area contributed by atoms with Crippen LogP contribution >= 0.6 is 11.6 Å². The lowest BCUT2D eigenvalue weighted by atomic mass is 9.99. The van der Waals surface area contributed by atoms with Crippen LogP contribution in [0.15, 0.2) is 42.5 Å². The molecule has 0 unspecified atom stereocenters. The van der Waals surface area contributed by atoms with Gasteiger partial charge in [0.05, 0.1) is 25.9 Å². The first kappa shape index (κ1) is 22.6. The van der Waals surface area contributed by atoms with E-state index in [0.717, 1.165) is 11.1 Å². The number of methoxy groups -OCH3 is 1. The number of aliphatic hydroxyl groups is 4. The summed E-state index contributed by atoms with van der Waals surface area (Å²) in [5.74, 6) is -0.425. The number of ether oxygens (including phenoxy) is 3. The van der Waals surface area contributed by atoms with Crippen molar-refractivity contribution in [3.8, 4) is 11.1 Å². The molecule has 0 aliphatic carbocycles. The van der Waals surface area contributed by atoms with Crippen molar-refractivity contribution in [3.63, 3.8) is 0 Å². The average molecular weight is 439 g/mol. The summed E-state index contributed by atoms with van der Waals surface area (Å²) in [4.78, 5) is 11.6. The van der Waals surface area contributed by atoms with Gasteiger partial charge in [-0.15, -0.1) is 0 Å². The first-order valence-electron chi connectivity index (χ1n) is 9.25. The Bertz CT molecular complexity index is 870. The van der Waals surface area contributed by atoms with Crippen molar-refractivity contribution in [3.05, 3.63) is 58.6 Å². The van der Waals surface area contributed by atoms with Crippen LogP contribution < -0.4 is 0 Å². The number of aliphatic hydroxyl groups excluding tert-OH is 4. The maximum absolute atomic E-state index is 11.6. The molecule has 1 aliphatic rings. The lowest BCUT2D eigenvalue weighted by Crippen LogP contribution is -2.59. The molecule has 9 heteroatoms. The Labute approximate surface area is 178 Å². The molecular weight excluding hydrogens is 416 g/mol. The third-order valence-electron chi connectivity index (χ3n) is 4.94. The second-order valence-electron chi connectivity index (χ2n) is 6.88. The fourth-order valence-corrected chi connectivity index (χ4v) is 3.33. The molecule has 0 saturated carbocycles. The van der Waals surface area contributed by atoms with E-state index in [1.54, 1.807) is 36.4 Å². The molecule has 5 atom stereocenters. The molecular formula is C21H23ClO8. The Morgan fingerprint density at radius 2 is 1.70 bits per heavy atom.